The fraction of sp³-hybridized carbons (Fsp3) is 0.417. The molecule has 0 spiro atoms. The third-order valence-electron chi connectivity index (χ3n) is 4.90. The van der Waals surface area contributed by atoms with Gasteiger partial charge in [0.15, 0.2) is 0 Å². The van der Waals surface area contributed by atoms with Crippen LogP contribution in [0.25, 0.3) is 0 Å². The van der Waals surface area contributed by atoms with Gasteiger partial charge in [0.25, 0.3) is 0 Å². The maximum absolute atomic E-state index is 13.1. The number of nitrogens with one attached hydrogen (secondary N) is 1. The van der Waals surface area contributed by atoms with Gasteiger partial charge in [-0.3, -0.25) is 9.59 Å². The van der Waals surface area contributed by atoms with Gasteiger partial charge in [-0.2, -0.15) is 0 Å². The van der Waals surface area contributed by atoms with Crippen LogP contribution in [0.15, 0.2) is 54.6 Å². The molecule has 0 heterocycles. The molecule has 0 bridgehead atoms. The Balaban J connectivity index is 2.16. The minimum Gasteiger partial charge on any atom is -0.354 e. The van der Waals surface area contributed by atoms with Crippen molar-refractivity contribution in [2.24, 2.45) is 0 Å². The highest BCUT2D eigenvalue weighted by atomic mass is 16.2. The number of hydrogen-bond acceptors (Lipinski definition) is 2. The lowest BCUT2D eigenvalue weighted by molar-refractivity contribution is -0.140. The van der Waals surface area contributed by atoms with Crippen LogP contribution in [0.3, 0.4) is 0 Å². The van der Waals surface area contributed by atoms with E-state index in [0.717, 1.165) is 18.4 Å². The van der Waals surface area contributed by atoms with E-state index in [-0.39, 0.29) is 11.8 Å². The average Bonchev–Trinajstić information content (AvgIpc) is 2.71. The lowest BCUT2D eigenvalue weighted by atomic mass is 10.1. The van der Waals surface area contributed by atoms with Gasteiger partial charge in [-0.1, -0.05) is 74.0 Å². The smallest absolute Gasteiger partial charge is 0.242 e. The minimum atomic E-state index is -0.437. The highest BCUT2D eigenvalue weighted by molar-refractivity contribution is 5.88. The van der Waals surface area contributed by atoms with Crippen LogP contribution in [-0.4, -0.2) is 35.8 Å². The molecule has 0 unspecified atom stereocenters. The molecule has 0 saturated carbocycles. The van der Waals surface area contributed by atoms with Crippen molar-refractivity contribution in [3.05, 3.63) is 71.3 Å². The molecule has 0 radical (unpaired) electrons. The number of amides is 2. The van der Waals surface area contributed by atoms with Crippen molar-refractivity contribution < 1.29 is 9.59 Å². The second-order valence-corrected chi connectivity index (χ2v) is 7.20. The maximum atomic E-state index is 13.1. The van der Waals surface area contributed by atoms with Gasteiger partial charge in [-0.15, -0.1) is 0 Å². The first-order chi connectivity index (χ1) is 13.5. The molecule has 2 rings (SSSR count). The SMILES string of the molecule is CCCNC(=O)[C@@H](CC)N(CCc1ccccc1)C(=O)Cc1ccc(C)cc1. The molecule has 1 N–H and O–H groups in total. The summed E-state index contributed by atoms with van der Waals surface area (Å²) < 4.78 is 0. The maximum Gasteiger partial charge on any atom is 0.242 e. The number of aryl methyl sites for hydroxylation is 1. The summed E-state index contributed by atoms with van der Waals surface area (Å²) in [5.74, 6) is -0.0621. The molecule has 0 aliphatic heterocycles. The predicted molar refractivity (Wildman–Crippen MR) is 114 cm³/mol. The largest absolute Gasteiger partial charge is 0.354 e. The Morgan fingerprint density at radius 1 is 0.964 bits per heavy atom. The van der Waals surface area contributed by atoms with Crippen LogP contribution in [0.2, 0.25) is 0 Å². The Bertz CT molecular complexity index is 741. The quantitative estimate of drug-likeness (QED) is 0.679. The van der Waals surface area contributed by atoms with Crippen LogP contribution >= 0.6 is 0 Å². The first-order valence-corrected chi connectivity index (χ1v) is 10.2. The second kappa shape index (κ2) is 11.3. The Hall–Kier alpha value is -2.62. The summed E-state index contributed by atoms with van der Waals surface area (Å²) in [6.07, 6.45) is 2.53. The molecule has 4 nitrogen and oxygen atoms in total. The van der Waals surface area contributed by atoms with Crippen molar-refractivity contribution >= 4 is 11.8 Å². The lowest BCUT2D eigenvalue weighted by Gasteiger charge is -2.30. The fourth-order valence-corrected chi connectivity index (χ4v) is 3.24. The molecule has 4 heteroatoms. The summed E-state index contributed by atoms with van der Waals surface area (Å²) >= 11 is 0. The molecule has 28 heavy (non-hydrogen) atoms. The number of hydrogen-bond donors (Lipinski definition) is 1. The first kappa shape index (κ1) is 21.7. The Labute approximate surface area is 169 Å². The number of benzene rings is 2. The van der Waals surface area contributed by atoms with Gasteiger partial charge >= 0.3 is 0 Å². The topological polar surface area (TPSA) is 49.4 Å². The summed E-state index contributed by atoms with van der Waals surface area (Å²) in [5, 5.41) is 2.96. The van der Waals surface area contributed by atoms with Crippen LogP contribution in [0.1, 0.15) is 43.4 Å². The van der Waals surface area contributed by atoms with Crippen molar-refractivity contribution in [1.29, 1.82) is 0 Å². The molecule has 0 fully saturated rings. The number of nitrogens with zero attached hydrogens (tertiary/aromatic N) is 1. The number of rotatable bonds is 10. The molecule has 150 valence electrons. The predicted octanol–water partition coefficient (Wildman–Crippen LogP) is 3.91. The van der Waals surface area contributed by atoms with E-state index in [9.17, 15) is 9.59 Å². The van der Waals surface area contributed by atoms with Crippen molar-refractivity contribution in [2.45, 2.75) is 52.5 Å². The van der Waals surface area contributed by atoms with Gasteiger partial charge < -0.3 is 10.2 Å². The van der Waals surface area contributed by atoms with E-state index in [0.29, 0.717) is 25.9 Å². The second-order valence-electron chi connectivity index (χ2n) is 7.20. The van der Waals surface area contributed by atoms with Gasteiger partial charge in [-0.05, 0) is 37.3 Å². The summed E-state index contributed by atoms with van der Waals surface area (Å²) in [4.78, 5) is 27.6. The van der Waals surface area contributed by atoms with Gasteiger partial charge in [0.1, 0.15) is 6.04 Å². The molecule has 0 saturated heterocycles. The summed E-state index contributed by atoms with van der Waals surface area (Å²) in [6, 6.07) is 17.7. The Morgan fingerprint density at radius 3 is 2.25 bits per heavy atom. The molecule has 2 aromatic carbocycles. The van der Waals surface area contributed by atoms with Gasteiger partial charge in [0, 0.05) is 13.1 Å². The molecule has 0 aliphatic rings. The standard InChI is InChI=1S/C24H32N2O2/c1-4-16-25-24(28)22(5-2)26(17-15-20-9-7-6-8-10-20)23(27)18-21-13-11-19(3)12-14-21/h6-14,22H,4-5,15-18H2,1-3H3,(H,25,28)/t22-/m1/s1. The number of carbonyl (C=O) groups is 2. The van der Waals surface area contributed by atoms with E-state index in [4.69, 9.17) is 0 Å². The van der Waals surface area contributed by atoms with E-state index in [1.54, 1.807) is 4.90 Å². The zero-order valence-corrected chi connectivity index (χ0v) is 17.3. The van der Waals surface area contributed by atoms with Crippen LogP contribution in [0.4, 0.5) is 0 Å². The van der Waals surface area contributed by atoms with E-state index >= 15 is 0 Å². The van der Waals surface area contributed by atoms with Gasteiger partial charge in [0.05, 0.1) is 6.42 Å². The Kier molecular flexibility index (Phi) is 8.73. The van der Waals surface area contributed by atoms with Crippen LogP contribution < -0.4 is 5.32 Å². The lowest BCUT2D eigenvalue weighted by Crippen LogP contribution is -2.50. The number of carbonyl (C=O) groups excluding carboxylic acids is 2. The van der Waals surface area contributed by atoms with Crippen molar-refractivity contribution in [3.63, 3.8) is 0 Å². The summed E-state index contributed by atoms with van der Waals surface area (Å²) in [5.41, 5.74) is 3.31. The molecule has 0 aliphatic carbocycles. The molecular weight excluding hydrogens is 348 g/mol. The van der Waals surface area contributed by atoms with Crippen molar-refractivity contribution in [2.75, 3.05) is 13.1 Å². The Morgan fingerprint density at radius 2 is 1.64 bits per heavy atom. The van der Waals surface area contributed by atoms with Crippen LogP contribution in [0.5, 0.6) is 0 Å². The molecule has 0 aromatic heterocycles. The van der Waals surface area contributed by atoms with Gasteiger partial charge in [0.2, 0.25) is 11.8 Å². The van der Waals surface area contributed by atoms with E-state index in [2.05, 4.69) is 17.4 Å². The van der Waals surface area contributed by atoms with Gasteiger partial charge in [-0.25, -0.2) is 0 Å². The third kappa shape index (κ3) is 6.52. The molecule has 2 amide bonds. The zero-order chi connectivity index (χ0) is 20.4. The summed E-state index contributed by atoms with van der Waals surface area (Å²) in [6.45, 7) is 7.19. The van der Waals surface area contributed by atoms with Crippen LogP contribution in [0, 0.1) is 6.92 Å². The van der Waals surface area contributed by atoms with Crippen LogP contribution in [-0.2, 0) is 22.4 Å². The monoisotopic (exact) mass is 380 g/mol. The first-order valence-electron chi connectivity index (χ1n) is 10.2. The minimum absolute atomic E-state index is 0.00159. The van der Waals surface area contributed by atoms with E-state index in [1.807, 2.05) is 63.2 Å². The summed E-state index contributed by atoms with van der Waals surface area (Å²) in [7, 11) is 0. The highest BCUT2D eigenvalue weighted by Gasteiger charge is 2.27. The molecular formula is C24H32N2O2. The highest BCUT2D eigenvalue weighted by Crippen LogP contribution is 2.13. The van der Waals surface area contributed by atoms with Crippen molar-refractivity contribution in [3.8, 4) is 0 Å². The average molecular weight is 381 g/mol. The molecule has 1 atom stereocenters. The normalized spacial score (nSPS) is 11.7. The van der Waals surface area contributed by atoms with E-state index in [1.165, 1.54) is 11.1 Å². The third-order valence-corrected chi connectivity index (χ3v) is 4.90. The fourth-order valence-electron chi connectivity index (χ4n) is 3.24. The van der Waals surface area contributed by atoms with E-state index < -0.39 is 6.04 Å². The zero-order valence-electron chi connectivity index (χ0n) is 17.3. The molecule has 2 aromatic rings. The van der Waals surface area contributed by atoms with Crippen molar-refractivity contribution in [1.82, 2.24) is 10.2 Å².